The van der Waals surface area contributed by atoms with Gasteiger partial charge in [-0.05, 0) is 42.5 Å². The number of imidazole rings is 1. The van der Waals surface area contributed by atoms with Gasteiger partial charge in [0.25, 0.3) is 0 Å². The number of hydrogen-bond donors (Lipinski definition) is 0. The highest BCUT2D eigenvalue weighted by Gasteiger charge is 2.25. The van der Waals surface area contributed by atoms with Gasteiger partial charge in [-0.3, -0.25) is 4.90 Å². The zero-order valence-electron chi connectivity index (χ0n) is 16.3. The van der Waals surface area contributed by atoms with Gasteiger partial charge in [0, 0.05) is 42.8 Å². The molecule has 4 heterocycles. The lowest BCUT2D eigenvalue weighted by Crippen LogP contribution is -2.36. The van der Waals surface area contributed by atoms with Gasteiger partial charge in [0.1, 0.15) is 15.7 Å². The van der Waals surface area contributed by atoms with Crippen molar-refractivity contribution < 1.29 is 4.74 Å². The molecule has 3 aromatic rings. The van der Waals surface area contributed by atoms with Crippen molar-refractivity contribution in [3.05, 3.63) is 28.7 Å². The van der Waals surface area contributed by atoms with Crippen molar-refractivity contribution in [1.82, 2.24) is 24.4 Å². The Morgan fingerprint density at radius 2 is 2.14 bits per heavy atom. The SMILES string of the molecule is C[C@H]1CCc2c(sc3nc(CN4CCOCC4)nc(Sc4nccn4C)c23)C1. The van der Waals surface area contributed by atoms with E-state index in [2.05, 4.69) is 21.4 Å². The Bertz CT molecular complexity index is 992. The van der Waals surface area contributed by atoms with Gasteiger partial charge in [-0.2, -0.15) is 0 Å². The molecule has 2 aliphatic rings. The summed E-state index contributed by atoms with van der Waals surface area (Å²) in [6.07, 6.45) is 7.39. The predicted octanol–water partition coefficient (Wildman–Crippen LogP) is 3.53. The number of nitrogens with zero attached hydrogens (tertiary/aromatic N) is 5. The van der Waals surface area contributed by atoms with Crippen LogP contribution in [0.15, 0.2) is 22.6 Å². The smallest absolute Gasteiger partial charge is 0.174 e. The summed E-state index contributed by atoms with van der Waals surface area (Å²) in [5, 5.41) is 3.31. The van der Waals surface area contributed by atoms with Gasteiger partial charge in [-0.1, -0.05) is 6.92 Å². The van der Waals surface area contributed by atoms with E-state index < -0.39 is 0 Å². The molecule has 0 amide bonds. The minimum absolute atomic E-state index is 0.756. The number of aromatic nitrogens is 4. The minimum atomic E-state index is 0.756. The van der Waals surface area contributed by atoms with E-state index in [0.29, 0.717) is 0 Å². The van der Waals surface area contributed by atoms with E-state index in [4.69, 9.17) is 14.7 Å². The highest BCUT2D eigenvalue weighted by Crippen LogP contribution is 2.42. The molecule has 0 radical (unpaired) electrons. The summed E-state index contributed by atoms with van der Waals surface area (Å²) in [6, 6.07) is 0. The molecule has 28 heavy (non-hydrogen) atoms. The fourth-order valence-corrected chi connectivity index (χ4v) is 6.42. The largest absolute Gasteiger partial charge is 0.379 e. The lowest BCUT2D eigenvalue weighted by atomic mass is 9.89. The molecule has 1 aliphatic heterocycles. The van der Waals surface area contributed by atoms with Crippen LogP contribution in [0.1, 0.15) is 29.6 Å². The Hall–Kier alpha value is -1.48. The van der Waals surface area contributed by atoms with Crippen molar-refractivity contribution in [2.24, 2.45) is 13.0 Å². The summed E-state index contributed by atoms with van der Waals surface area (Å²) >= 11 is 3.54. The molecule has 1 fully saturated rings. The van der Waals surface area contributed by atoms with E-state index in [1.54, 1.807) is 11.8 Å². The third-order valence-electron chi connectivity index (χ3n) is 5.60. The van der Waals surface area contributed by atoms with E-state index in [0.717, 1.165) is 66.0 Å². The standard InChI is InChI=1S/C20H25N5OS2/c1-13-3-4-14-15(11-13)27-18-17(14)19(28-20-21-5-6-24(20)2)23-16(22-18)12-25-7-9-26-10-8-25/h5-6,13H,3-4,7-12H2,1-2H3/t13-/m0/s1. The minimum Gasteiger partial charge on any atom is -0.379 e. The fourth-order valence-electron chi connectivity index (χ4n) is 3.99. The summed E-state index contributed by atoms with van der Waals surface area (Å²) in [5.41, 5.74) is 1.48. The van der Waals surface area contributed by atoms with Crippen LogP contribution < -0.4 is 0 Å². The molecule has 0 unspecified atom stereocenters. The lowest BCUT2D eigenvalue weighted by molar-refractivity contribution is 0.0330. The van der Waals surface area contributed by atoms with Crippen molar-refractivity contribution in [1.29, 1.82) is 0 Å². The summed E-state index contributed by atoms with van der Waals surface area (Å²) in [4.78, 5) is 19.6. The molecule has 3 aromatic heterocycles. The van der Waals surface area contributed by atoms with Crippen LogP contribution in [0.4, 0.5) is 0 Å². The maximum atomic E-state index is 5.48. The zero-order valence-corrected chi connectivity index (χ0v) is 18.0. The van der Waals surface area contributed by atoms with Crippen molar-refractivity contribution in [3.8, 4) is 0 Å². The molecule has 1 aliphatic carbocycles. The van der Waals surface area contributed by atoms with E-state index in [1.165, 1.54) is 28.7 Å². The Kier molecular flexibility index (Phi) is 5.13. The molecule has 0 N–H and O–H groups in total. The maximum absolute atomic E-state index is 5.48. The topological polar surface area (TPSA) is 56.1 Å². The number of ether oxygens (including phenoxy) is 1. The summed E-state index contributed by atoms with van der Waals surface area (Å²) < 4.78 is 7.54. The van der Waals surface area contributed by atoms with Crippen molar-refractivity contribution in [2.45, 2.75) is 42.9 Å². The average molecular weight is 416 g/mol. The van der Waals surface area contributed by atoms with Gasteiger partial charge in [-0.15, -0.1) is 11.3 Å². The van der Waals surface area contributed by atoms with E-state index >= 15 is 0 Å². The Balaban J connectivity index is 1.57. The van der Waals surface area contributed by atoms with Crippen LogP contribution in [0.3, 0.4) is 0 Å². The van der Waals surface area contributed by atoms with E-state index in [1.807, 2.05) is 30.8 Å². The number of morpholine rings is 1. The molecule has 0 aromatic carbocycles. The number of thiophene rings is 1. The molecule has 1 saturated heterocycles. The fraction of sp³-hybridized carbons (Fsp3) is 0.550. The number of hydrogen-bond acceptors (Lipinski definition) is 7. The molecular weight excluding hydrogens is 390 g/mol. The van der Waals surface area contributed by atoms with Gasteiger partial charge in [0.2, 0.25) is 0 Å². The highest BCUT2D eigenvalue weighted by atomic mass is 32.2. The summed E-state index contributed by atoms with van der Waals surface area (Å²) in [7, 11) is 2.03. The molecule has 6 nitrogen and oxygen atoms in total. The number of aryl methyl sites for hydroxylation is 2. The first kappa shape index (κ1) is 18.5. The van der Waals surface area contributed by atoms with Crippen LogP contribution in [-0.2, 0) is 31.2 Å². The number of fused-ring (bicyclic) bond motifs is 3. The Morgan fingerprint density at radius 1 is 1.29 bits per heavy atom. The van der Waals surface area contributed by atoms with Gasteiger partial charge in [0.05, 0.1) is 19.8 Å². The van der Waals surface area contributed by atoms with E-state index in [9.17, 15) is 0 Å². The van der Waals surface area contributed by atoms with Gasteiger partial charge in [-0.25, -0.2) is 15.0 Å². The average Bonchev–Trinajstić information content (AvgIpc) is 3.25. The zero-order chi connectivity index (χ0) is 19.1. The first-order valence-corrected chi connectivity index (χ1v) is 11.6. The van der Waals surface area contributed by atoms with Gasteiger partial charge in [0.15, 0.2) is 5.16 Å². The predicted molar refractivity (Wildman–Crippen MR) is 112 cm³/mol. The van der Waals surface area contributed by atoms with Crippen LogP contribution in [0.5, 0.6) is 0 Å². The van der Waals surface area contributed by atoms with Crippen LogP contribution in [-0.4, -0.2) is 50.7 Å². The van der Waals surface area contributed by atoms with Crippen LogP contribution in [0.25, 0.3) is 10.2 Å². The first-order valence-electron chi connectivity index (χ1n) is 9.94. The molecular formula is C20H25N5OS2. The maximum Gasteiger partial charge on any atom is 0.174 e. The molecule has 1 atom stereocenters. The Labute approximate surface area is 173 Å². The van der Waals surface area contributed by atoms with Crippen molar-refractivity contribution >= 4 is 33.3 Å². The first-order chi connectivity index (χ1) is 13.7. The highest BCUT2D eigenvalue weighted by molar-refractivity contribution is 7.99. The van der Waals surface area contributed by atoms with Crippen LogP contribution in [0.2, 0.25) is 0 Å². The van der Waals surface area contributed by atoms with Gasteiger partial charge >= 0.3 is 0 Å². The van der Waals surface area contributed by atoms with Gasteiger partial charge < -0.3 is 9.30 Å². The molecule has 0 bridgehead atoms. The van der Waals surface area contributed by atoms with Crippen molar-refractivity contribution in [3.63, 3.8) is 0 Å². The quantitative estimate of drug-likeness (QED) is 0.608. The van der Waals surface area contributed by atoms with Crippen LogP contribution in [0, 0.1) is 5.92 Å². The monoisotopic (exact) mass is 415 g/mol. The van der Waals surface area contributed by atoms with Crippen LogP contribution >= 0.6 is 23.1 Å². The lowest BCUT2D eigenvalue weighted by Gasteiger charge is -2.25. The molecule has 5 rings (SSSR count). The molecule has 8 heteroatoms. The van der Waals surface area contributed by atoms with Crippen molar-refractivity contribution in [2.75, 3.05) is 26.3 Å². The number of rotatable bonds is 4. The summed E-state index contributed by atoms with van der Waals surface area (Å²) in [5.74, 6) is 1.67. The summed E-state index contributed by atoms with van der Waals surface area (Å²) in [6.45, 7) is 6.62. The third-order valence-corrected chi connectivity index (χ3v) is 7.81. The molecule has 0 spiro atoms. The molecule has 148 valence electrons. The second kappa shape index (κ2) is 7.74. The second-order valence-corrected chi connectivity index (χ2v) is 9.83. The second-order valence-electron chi connectivity index (χ2n) is 7.79. The Morgan fingerprint density at radius 3 is 2.93 bits per heavy atom. The third kappa shape index (κ3) is 3.58. The van der Waals surface area contributed by atoms with E-state index in [-0.39, 0.29) is 0 Å². The normalized spacial score (nSPS) is 20.6. The molecule has 0 saturated carbocycles.